The van der Waals surface area contributed by atoms with Gasteiger partial charge in [-0.2, -0.15) is 0 Å². The zero-order chi connectivity index (χ0) is 21.3. The minimum absolute atomic E-state index is 0.139. The molecule has 1 rings (SSSR count). The molecule has 0 aliphatic heterocycles. The number of carbonyl (C=O) groups is 1. The van der Waals surface area contributed by atoms with Gasteiger partial charge in [0.2, 0.25) is 0 Å². The number of para-hydroxylation sites is 1. The van der Waals surface area contributed by atoms with E-state index < -0.39 is 18.3 Å². The number of rotatable bonds is 11. The fourth-order valence-corrected chi connectivity index (χ4v) is 2.15. The summed E-state index contributed by atoms with van der Waals surface area (Å²) in [5, 5.41) is 29.4. The van der Waals surface area contributed by atoms with Gasteiger partial charge >= 0.3 is 5.97 Å². The van der Waals surface area contributed by atoms with Gasteiger partial charge in [0.05, 0.1) is 19.3 Å². The first-order chi connectivity index (χ1) is 14.0. The number of esters is 1. The van der Waals surface area contributed by atoms with Crippen LogP contribution in [0.1, 0.15) is 19.3 Å². The standard InChI is InChI=1S/C23H28O6/c1-28-23(27)17-11-16-22(26)21(25)15-10-5-3-2-4-7-12-19(24)18-29-20-13-8-6-9-14-20/h3,5-10,12-15,19,21-22,24-26H,11,16-18H2,1H3/b5-3+,12-7+,15-10+/t19?,21-,22+/m1/s1. The predicted molar refractivity (Wildman–Crippen MR) is 111 cm³/mol. The molecule has 0 fully saturated rings. The number of benzene rings is 1. The van der Waals surface area contributed by atoms with E-state index in [1.165, 1.54) is 25.3 Å². The Hall–Kier alpha value is -2.85. The van der Waals surface area contributed by atoms with Crippen LogP contribution in [0.3, 0.4) is 0 Å². The summed E-state index contributed by atoms with van der Waals surface area (Å²) < 4.78 is 9.93. The van der Waals surface area contributed by atoms with Crippen LogP contribution in [0.4, 0.5) is 0 Å². The lowest BCUT2D eigenvalue weighted by atomic mass is 10.1. The first-order valence-corrected chi connectivity index (χ1v) is 9.33. The van der Waals surface area contributed by atoms with E-state index in [1.807, 2.05) is 30.3 Å². The Kier molecular flexibility index (Phi) is 12.6. The van der Waals surface area contributed by atoms with Crippen molar-refractivity contribution in [3.05, 3.63) is 66.8 Å². The SMILES string of the molecule is COC(=O)CCC[C@H](O)[C@H](O)/C=C/C=C/C#C/C=C/C(O)COc1ccccc1. The average Bonchev–Trinajstić information content (AvgIpc) is 2.74. The summed E-state index contributed by atoms with van der Waals surface area (Å²) in [5.74, 6) is 5.85. The Morgan fingerprint density at radius 2 is 1.79 bits per heavy atom. The maximum absolute atomic E-state index is 11.0. The third-order valence-electron chi connectivity index (χ3n) is 3.75. The van der Waals surface area contributed by atoms with E-state index in [4.69, 9.17) is 4.74 Å². The molecule has 6 nitrogen and oxygen atoms in total. The quantitative estimate of drug-likeness (QED) is 0.299. The van der Waals surface area contributed by atoms with E-state index in [1.54, 1.807) is 18.2 Å². The molecule has 0 amide bonds. The monoisotopic (exact) mass is 400 g/mol. The smallest absolute Gasteiger partial charge is 0.305 e. The maximum atomic E-state index is 11.0. The molecule has 1 aromatic rings. The van der Waals surface area contributed by atoms with E-state index in [0.29, 0.717) is 18.6 Å². The summed E-state index contributed by atoms with van der Waals surface area (Å²) in [7, 11) is 1.31. The highest BCUT2D eigenvalue weighted by Crippen LogP contribution is 2.09. The van der Waals surface area contributed by atoms with Crippen molar-refractivity contribution >= 4 is 5.97 Å². The van der Waals surface area contributed by atoms with Crippen LogP contribution in [-0.4, -0.2) is 53.3 Å². The molecule has 0 aromatic heterocycles. The van der Waals surface area contributed by atoms with Gasteiger partial charge in [0.1, 0.15) is 18.5 Å². The van der Waals surface area contributed by atoms with Gasteiger partial charge in [0, 0.05) is 6.42 Å². The van der Waals surface area contributed by atoms with Crippen molar-refractivity contribution in [3.63, 3.8) is 0 Å². The van der Waals surface area contributed by atoms with Crippen LogP contribution in [0.5, 0.6) is 5.75 Å². The van der Waals surface area contributed by atoms with Gasteiger partial charge in [-0.3, -0.25) is 4.79 Å². The average molecular weight is 400 g/mol. The van der Waals surface area contributed by atoms with Gasteiger partial charge in [0.25, 0.3) is 0 Å². The number of hydrogen-bond donors (Lipinski definition) is 3. The fraction of sp³-hybridized carbons (Fsp3) is 0.348. The highest BCUT2D eigenvalue weighted by molar-refractivity contribution is 5.68. The van der Waals surface area contributed by atoms with Crippen molar-refractivity contribution in [2.24, 2.45) is 0 Å². The van der Waals surface area contributed by atoms with Gasteiger partial charge in [-0.25, -0.2) is 0 Å². The van der Waals surface area contributed by atoms with Crippen molar-refractivity contribution in [1.82, 2.24) is 0 Å². The molecule has 0 radical (unpaired) electrons. The Labute approximate surface area is 171 Å². The molecule has 3 atom stereocenters. The van der Waals surface area contributed by atoms with E-state index in [2.05, 4.69) is 16.6 Å². The van der Waals surface area contributed by atoms with Gasteiger partial charge in [0.15, 0.2) is 0 Å². The van der Waals surface area contributed by atoms with Crippen LogP contribution in [0.15, 0.2) is 66.8 Å². The molecule has 0 spiro atoms. The minimum Gasteiger partial charge on any atom is -0.491 e. The van der Waals surface area contributed by atoms with E-state index in [0.717, 1.165) is 0 Å². The number of carbonyl (C=O) groups excluding carboxylic acids is 1. The molecule has 0 aliphatic rings. The van der Waals surface area contributed by atoms with Crippen LogP contribution < -0.4 is 4.74 Å². The lowest BCUT2D eigenvalue weighted by molar-refractivity contribution is -0.140. The molecule has 0 heterocycles. The van der Waals surface area contributed by atoms with Crippen molar-refractivity contribution in [3.8, 4) is 17.6 Å². The van der Waals surface area contributed by atoms with E-state index in [-0.39, 0.29) is 19.0 Å². The first kappa shape index (κ1) is 24.2. The normalized spacial score (nSPS) is 14.5. The number of hydrogen-bond acceptors (Lipinski definition) is 6. The third-order valence-corrected chi connectivity index (χ3v) is 3.75. The first-order valence-electron chi connectivity index (χ1n) is 9.33. The third kappa shape index (κ3) is 12.3. The van der Waals surface area contributed by atoms with Crippen molar-refractivity contribution in [2.45, 2.75) is 37.6 Å². The van der Waals surface area contributed by atoms with Crippen molar-refractivity contribution in [1.29, 1.82) is 0 Å². The highest BCUT2D eigenvalue weighted by atomic mass is 16.5. The molecule has 0 aliphatic carbocycles. The summed E-state index contributed by atoms with van der Waals surface area (Å²) in [6.07, 6.45) is 7.51. The molecule has 3 N–H and O–H groups in total. The molecule has 1 aromatic carbocycles. The van der Waals surface area contributed by atoms with Crippen LogP contribution in [-0.2, 0) is 9.53 Å². The molecular weight excluding hydrogens is 372 g/mol. The molecule has 0 saturated heterocycles. The second kappa shape index (κ2) is 15.1. The summed E-state index contributed by atoms with van der Waals surface area (Å²) in [5.41, 5.74) is 0. The molecule has 0 bridgehead atoms. The largest absolute Gasteiger partial charge is 0.491 e. The summed E-state index contributed by atoms with van der Waals surface area (Å²) in [4.78, 5) is 11.0. The van der Waals surface area contributed by atoms with Crippen molar-refractivity contribution < 1.29 is 29.6 Å². The van der Waals surface area contributed by atoms with Gasteiger partial charge in [-0.15, -0.1) is 0 Å². The summed E-state index contributed by atoms with van der Waals surface area (Å²) >= 11 is 0. The van der Waals surface area contributed by atoms with Crippen LogP contribution >= 0.6 is 0 Å². The van der Waals surface area contributed by atoms with Gasteiger partial charge in [-0.1, -0.05) is 48.3 Å². The molecule has 6 heteroatoms. The van der Waals surface area contributed by atoms with Crippen LogP contribution in [0.25, 0.3) is 0 Å². The number of aliphatic hydroxyl groups excluding tert-OH is 3. The molecule has 0 saturated carbocycles. The van der Waals surface area contributed by atoms with Crippen LogP contribution in [0.2, 0.25) is 0 Å². The van der Waals surface area contributed by atoms with E-state index >= 15 is 0 Å². The molecule has 29 heavy (non-hydrogen) atoms. The van der Waals surface area contributed by atoms with Crippen LogP contribution in [0, 0.1) is 11.8 Å². The summed E-state index contributed by atoms with van der Waals surface area (Å²) in [6.45, 7) is 0.139. The maximum Gasteiger partial charge on any atom is 0.305 e. The number of ether oxygens (including phenoxy) is 2. The Morgan fingerprint density at radius 1 is 1.07 bits per heavy atom. The molecule has 156 valence electrons. The number of methoxy groups -OCH3 is 1. The predicted octanol–water partition coefficient (Wildman–Crippen LogP) is 2.16. The molecule has 1 unspecified atom stereocenters. The lowest BCUT2D eigenvalue weighted by Gasteiger charge is -2.13. The number of allylic oxidation sites excluding steroid dienone is 4. The topological polar surface area (TPSA) is 96.2 Å². The van der Waals surface area contributed by atoms with Gasteiger partial charge < -0.3 is 24.8 Å². The Morgan fingerprint density at radius 3 is 2.52 bits per heavy atom. The molecular formula is C23H28O6. The Balaban J connectivity index is 2.24. The second-order valence-electron chi connectivity index (χ2n) is 6.11. The number of aliphatic hydroxyl groups is 3. The zero-order valence-electron chi connectivity index (χ0n) is 16.5. The zero-order valence-corrected chi connectivity index (χ0v) is 16.5. The van der Waals surface area contributed by atoms with E-state index in [9.17, 15) is 20.1 Å². The lowest BCUT2D eigenvalue weighted by Crippen LogP contribution is -2.23. The van der Waals surface area contributed by atoms with Gasteiger partial charge in [-0.05, 0) is 43.2 Å². The highest BCUT2D eigenvalue weighted by Gasteiger charge is 2.13. The van der Waals surface area contributed by atoms with Crippen molar-refractivity contribution in [2.75, 3.05) is 13.7 Å². The fourth-order valence-electron chi connectivity index (χ4n) is 2.15. The summed E-state index contributed by atoms with van der Waals surface area (Å²) in [6, 6.07) is 9.22. The minimum atomic E-state index is -1.02. The Bertz CT molecular complexity index is 727. The second-order valence-corrected chi connectivity index (χ2v) is 6.11.